The summed E-state index contributed by atoms with van der Waals surface area (Å²) in [6.07, 6.45) is 3.90. The molecule has 4 heterocycles. The largest absolute Gasteiger partial charge is 0.331 e. The molecule has 2 aliphatic rings. The molecule has 34 heavy (non-hydrogen) atoms. The van der Waals surface area contributed by atoms with Crippen molar-refractivity contribution in [2.45, 2.75) is 20.0 Å². The Labute approximate surface area is 195 Å². The summed E-state index contributed by atoms with van der Waals surface area (Å²) < 4.78 is 3.90. The number of hydrogen-bond acceptors (Lipinski definition) is 4. The highest BCUT2D eigenvalue weighted by Crippen LogP contribution is 2.31. The predicted octanol–water partition coefficient (Wildman–Crippen LogP) is 3.11. The minimum atomic E-state index is -0.427. The lowest BCUT2D eigenvalue weighted by Gasteiger charge is -2.20. The summed E-state index contributed by atoms with van der Waals surface area (Å²) >= 11 is 0. The van der Waals surface area contributed by atoms with Crippen LogP contribution in [-0.4, -0.2) is 48.4 Å². The zero-order chi connectivity index (χ0) is 23.4. The fourth-order valence-corrected chi connectivity index (χ4v) is 4.68. The van der Waals surface area contributed by atoms with Crippen molar-refractivity contribution < 1.29 is 14.4 Å². The highest BCUT2D eigenvalue weighted by atomic mass is 16.2. The predicted molar refractivity (Wildman–Crippen MR) is 124 cm³/mol. The highest BCUT2D eigenvalue weighted by molar-refractivity contribution is 6.22. The lowest BCUT2D eigenvalue weighted by molar-refractivity contribution is -0.132. The number of aromatic nitrogens is 3. The second-order valence-corrected chi connectivity index (χ2v) is 8.58. The Morgan fingerprint density at radius 1 is 0.912 bits per heavy atom. The molecule has 6 rings (SSSR count). The first kappa shape index (κ1) is 20.2. The molecule has 0 fully saturated rings. The maximum absolute atomic E-state index is 13.1. The molecule has 0 aliphatic carbocycles. The number of aryl methyl sites for hydroxylation is 1. The summed E-state index contributed by atoms with van der Waals surface area (Å²) in [6.45, 7) is 2.43. The Balaban J connectivity index is 1.28. The SMILES string of the molecule is Cc1cccc(-n2nc3c(c2-n2cccc2)CN(C(=O)CN2C(=O)c4ccccc4C2=O)C3)c1. The standard InChI is InChI=1S/C26H21N5O3/c1-17-7-6-8-18(13-17)31-24(28-11-4-5-12-28)21-14-29(15-22(21)27-31)23(32)16-30-25(33)19-9-2-3-10-20(19)26(30)34/h2-13H,14-16H2,1H3. The van der Waals surface area contributed by atoms with Crippen LogP contribution in [0.15, 0.2) is 73.1 Å². The molecule has 0 radical (unpaired) electrons. The van der Waals surface area contributed by atoms with Crippen molar-refractivity contribution in [2.24, 2.45) is 0 Å². The van der Waals surface area contributed by atoms with Crippen LogP contribution in [0.5, 0.6) is 0 Å². The number of fused-ring (bicyclic) bond motifs is 2. The van der Waals surface area contributed by atoms with Gasteiger partial charge in [-0.2, -0.15) is 5.10 Å². The molecular weight excluding hydrogens is 430 g/mol. The number of imide groups is 1. The van der Waals surface area contributed by atoms with E-state index in [1.54, 1.807) is 29.2 Å². The summed E-state index contributed by atoms with van der Waals surface area (Å²) in [5, 5.41) is 4.84. The minimum absolute atomic E-state index is 0.284. The minimum Gasteiger partial charge on any atom is -0.331 e. The topological polar surface area (TPSA) is 80.4 Å². The van der Waals surface area contributed by atoms with Gasteiger partial charge in [0.1, 0.15) is 12.4 Å². The second kappa shape index (κ2) is 7.55. The molecule has 8 heteroatoms. The third-order valence-electron chi connectivity index (χ3n) is 6.35. The van der Waals surface area contributed by atoms with Crippen LogP contribution in [0.2, 0.25) is 0 Å². The fourth-order valence-electron chi connectivity index (χ4n) is 4.68. The molecule has 0 unspecified atom stereocenters. The van der Waals surface area contributed by atoms with Crippen LogP contribution in [0.1, 0.15) is 37.5 Å². The van der Waals surface area contributed by atoms with Gasteiger partial charge in [0.15, 0.2) is 0 Å². The Kier molecular flexibility index (Phi) is 4.48. The van der Waals surface area contributed by atoms with Gasteiger partial charge in [0.2, 0.25) is 5.91 Å². The summed E-state index contributed by atoms with van der Waals surface area (Å²) in [4.78, 5) is 41.2. The van der Waals surface area contributed by atoms with Crippen molar-refractivity contribution in [3.8, 4) is 11.5 Å². The van der Waals surface area contributed by atoms with E-state index >= 15 is 0 Å². The van der Waals surface area contributed by atoms with E-state index in [2.05, 4.69) is 6.07 Å². The van der Waals surface area contributed by atoms with Gasteiger partial charge < -0.3 is 9.47 Å². The van der Waals surface area contributed by atoms with E-state index < -0.39 is 11.8 Å². The molecule has 168 valence electrons. The van der Waals surface area contributed by atoms with Crippen LogP contribution in [0.3, 0.4) is 0 Å². The normalized spacial score (nSPS) is 14.6. The number of carbonyl (C=O) groups is 3. The molecule has 2 aromatic carbocycles. The van der Waals surface area contributed by atoms with Crippen molar-refractivity contribution >= 4 is 17.7 Å². The number of benzene rings is 2. The van der Waals surface area contributed by atoms with E-state index in [1.807, 2.05) is 58.9 Å². The van der Waals surface area contributed by atoms with Gasteiger partial charge in [0.05, 0.1) is 35.6 Å². The summed E-state index contributed by atoms with van der Waals surface area (Å²) in [5.41, 5.74) is 4.52. The van der Waals surface area contributed by atoms with E-state index in [9.17, 15) is 14.4 Å². The van der Waals surface area contributed by atoms with Crippen LogP contribution in [0, 0.1) is 6.92 Å². The summed E-state index contributed by atoms with van der Waals surface area (Å²) in [7, 11) is 0. The lowest BCUT2D eigenvalue weighted by atomic mass is 10.1. The van der Waals surface area contributed by atoms with E-state index in [0.29, 0.717) is 24.2 Å². The molecule has 4 aromatic rings. The zero-order valence-electron chi connectivity index (χ0n) is 18.5. The van der Waals surface area contributed by atoms with Gasteiger partial charge in [-0.1, -0.05) is 24.3 Å². The van der Waals surface area contributed by atoms with Crippen LogP contribution in [-0.2, 0) is 17.9 Å². The molecule has 0 saturated carbocycles. The molecule has 2 aromatic heterocycles. The third-order valence-corrected chi connectivity index (χ3v) is 6.35. The quantitative estimate of drug-likeness (QED) is 0.447. The Morgan fingerprint density at radius 2 is 1.62 bits per heavy atom. The fraction of sp³-hybridized carbons (Fsp3) is 0.154. The Morgan fingerprint density at radius 3 is 2.29 bits per heavy atom. The molecule has 0 N–H and O–H groups in total. The lowest BCUT2D eigenvalue weighted by Crippen LogP contribution is -2.41. The molecule has 0 atom stereocenters. The van der Waals surface area contributed by atoms with E-state index in [4.69, 9.17) is 5.10 Å². The monoisotopic (exact) mass is 451 g/mol. The average Bonchev–Trinajstić information content (AvgIpc) is 3.60. The first-order valence-corrected chi connectivity index (χ1v) is 11.1. The smallest absolute Gasteiger partial charge is 0.262 e. The van der Waals surface area contributed by atoms with E-state index in [-0.39, 0.29) is 12.5 Å². The highest BCUT2D eigenvalue weighted by Gasteiger charge is 2.38. The van der Waals surface area contributed by atoms with Crippen molar-refractivity contribution in [1.29, 1.82) is 0 Å². The molecular formula is C26H21N5O3. The number of amides is 3. The van der Waals surface area contributed by atoms with Crippen LogP contribution in [0.4, 0.5) is 0 Å². The van der Waals surface area contributed by atoms with Gasteiger partial charge in [-0.3, -0.25) is 19.3 Å². The van der Waals surface area contributed by atoms with E-state index in [0.717, 1.165) is 33.2 Å². The maximum Gasteiger partial charge on any atom is 0.262 e. The second-order valence-electron chi connectivity index (χ2n) is 8.58. The van der Waals surface area contributed by atoms with Gasteiger partial charge >= 0.3 is 0 Å². The third kappa shape index (κ3) is 3.07. The van der Waals surface area contributed by atoms with Crippen LogP contribution in [0.25, 0.3) is 11.5 Å². The molecule has 0 spiro atoms. The molecule has 2 aliphatic heterocycles. The summed E-state index contributed by atoms with van der Waals surface area (Å²) in [5.74, 6) is -0.262. The maximum atomic E-state index is 13.1. The van der Waals surface area contributed by atoms with E-state index in [1.165, 1.54) is 0 Å². The first-order chi connectivity index (χ1) is 16.5. The number of carbonyl (C=O) groups excluding carboxylic acids is 3. The molecule has 8 nitrogen and oxygen atoms in total. The van der Waals surface area contributed by atoms with Gasteiger partial charge in [0.25, 0.3) is 11.8 Å². The summed E-state index contributed by atoms with van der Waals surface area (Å²) in [6, 6.07) is 18.7. The Hall–Kier alpha value is -4.46. The Bertz CT molecular complexity index is 1430. The molecule has 0 saturated heterocycles. The van der Waals surface area contributed by atoms with Gasteiger partial charge in [0, 0.05) is 18.0 Å². The van der Waals surface area contributed by atoms with Gasteiger partial charge in [-0.25, -0.2) is 4.68 Å². The van der Waals surface area contributed by atoms with Crippen molar-refractivity contribution in [3.63, 3.8) is 0 Å². The van der Waals surface area contributed by atoms with Crippen molar-refractivity contribution in [2.75, 3.05) is 6.54 Å². The first-order valence-electron chi connectivity index (χ1n) is 11.1. The number of hydrogen-bond donors (Lipinski definition) is 0. The zero-order valence-corrected chi connectivity index (χ0v) is 18.5. The van der Waals surface area contributed by atoms with Crippen molar-refractivity contribution in [1.82, 2.24) is 24.1 Å². The van der Waals surface area contributed by atoms with Gasteiger partial charge in [-0.15, -0.1) is 0 Å². The molecule has 0 bridgehead atoms. The van der Waals surface area contributed by atoms with Crippen LogP contribution < -0.4 is 0 Å². The number of nitrogens with zero attached hydrogens (tertiary/aromatic N) is 5. The number of rotatable bonds is 4. The van der Waals surface area contributed by atoms with Crippen molar-refractivity contribution in [3.05, 3.63) is 101 Å². The van der Waals surface area contributed by atoms with Gasteiger partial charge in [-0.05, 0) is 48.9 Å². The molecule has 3 amide bonds. The average molecular weight is 451 g/mol. The van der Waals surface area contributed by atoms with Crippen LogP contribution >= 0.6 is 0 Å².